The minimum Gasteiger partial charge on any atom is -0.381 e. The Balaban J connectivity index is 2.01. The molecule has 13 heavy (non-hydrogen) atoms. The molecule has 1 aromatic rings. The van der Waals surface area contributed by atoms with Gasteiger partial charge in [-0.05, 0) is 24.5 Å². The predicted octanol–water partition coefficient (Wildman–Crippen LogP) is 3.14. The molecule has 1 saturated carbocycles. The Kier molecular flexibility index (Phi) is 1.58. The molecule has 0 amide bonds. The third-order valence-corrected chi connectivity index (χ3v) is 3.47. The van der Waals surface area contributed by atoms with Crippen molar-refractivity contribution in [2.24, 2.45) is 0 Å². The summed E-state index contributed by atoms with van der Waals surface area (Å²) < 4.78 is 0. The van der Waals surface area contributed by atoms with Crippen molar-refractivity contribution in [3.63, 3.8) is 0 Å². The van der Waals surface area contributed by atoms with Crippen molar-refractivity contribution >= 4 is 5.69 Å². The number of benzene rings is 1. The van der Waals surface area contributed by atoms with Crippen LogP contribution in [0.25, 0.3) is 0 Å². The summed E-state index contributed by atoms with van der Waals surface area (Å²) in [5.41, 5.74) is 2.95. The van der Waals surface area contributed by atoms with Gasteiger partial charge in [0.05, 0.1) is 0 Å². The lowest BCUT2D eigenvalue weighted by atomic mass is 9.83. The molecule has 3 rings (SSSR count). The highest BCUT2D eigenvalue weighted by Crippen LogP contribution is 2.43. The standard InChI is InChI=1S/C12H15N/c1-3-7-11-9(5-1)10-6-2-4-8-12(10)13-11/h1,3,5,7,10,12-13H,2,4,6,8H2/t10-,12-/m0/s1. The van der Waals surface area contributed by atoms with Crippen LogP contribution in [0.3, 0.4) is 0 Å². The summed E-state index contributed by atoms with van der Waals surface area (Å²) in [6.07, 6.45) is 5.56. The van der Waals surface area contributed by atoms with Crippen LogP contribution in [-0.4, -0.2) is 6.04 Å². The number of nitrogens with one attached hydrogen (secondary N) is 1. The van der Waals surface area contributed by atoms with E-state index >= 15 is 0 Å². The van der Waals surface area contributed by atoms with E-state index < -0.39 is 0 Å². The summed E-state index contributed by atoms with van der Waals surface area (Å²) in [6.45, 7) is 0. The zero-order chi connectivity index (χ0) is 8.67. The van der Waals surface area contributed by atoms with Crippen LogP contribution in [0, 0.1) is 0 Å². The van der Waals surface area contributed by atoms with Gasteiger partial charge in [-0.1, -0.05) is 31.0 Å². The molecule has 0 saturated heterocycles. The quantitative estimate of drug-likeness (QED) is 0.635. The summed E-state index contributed by atoms with van der Waals surface area (Å²) in [5.74, 6) is 0.810. The lowest BCUT2D eigenvalue weighted by Crippen LogP contribution is -2.23. The molecule has 1 N–H and O–H groups in total. The first-order valence-electron chi connectivity index (χ1n) is 5.30. The fourth-order valence-corrected chi connectivity index (χ4v) is 2.83. The zero-order valence-electron chi connectivity index (χ0n) is 7.79. The summed E-state index contributed by atoms with van der Waals surface area (Å²) in [4.78, 5) is 0. The number of fused-ring (bicyclic) bond motifs is 3. The summed E-state index contributed by atoms with van der Waals surface area (Å²) >= 11 is 0. The van der Waals surface area contributed by atoms with Crippen molar-refractivity contribution < 1.29 is 0 Å². The van der Waals surface area contributed by atoms with E-state index in [4.69, 9.17) is 0 Å². The van der Waals surface area contributed by atoms with E-state index in [1.165, 1.54) is 31.4 Å². The van der Waals surface area contributed by atoms with Gasteiger partial charge < -0.3 is 5.32 Å². The largest absolute Gasteiger partial charge is 0.381 e. The van der Waals surface area contributed by atoms with Crippen LogP contribution in [0.2, 0.25) is 0 Å². The van der Waals surface area contributed by atoms with Crippen LogP contribution in [-0.2, 0) is 0 Å². The maximum Gasteiger partial charge on any atom is 0.0378 e. The van der Waals surface area contributed by atoms with Gasteiger partial charge >= 0.3 is 0 Å². The third kappa shape index (κ3) is 1.06. The number of para-hydroxylation sites is 1. The molecule has 0 bridgehead atoms. The molecule has 0 aromatic heterocycles. The Morgan fingerprint density at radius 2 is 1.92 bits per heavy atom. The van der Waals surface area contributed by atoms with Crippen molar-refractivity contribution in [3.8, 4) is 0 Å². The van der Waals surface area contributed by atoms with Crippen LogP contribution in [0.1, 0.15) is 37.2 Å². The van der Waals surface area contributed by atoms with Gasteiger partial charge in [0.1, 0.15) is 0 Å². The number of hydrogen-bond acceptors (Lipinski definition) is 1. The first kappa shape index (κ1) is 7.43. The fraction of sp³-hybridized carbons (Fsp3) is 0.500. The van der Waals surface area contributed by atoms with Crippen molar-refractivity contribution in [1.29, 1.82) is 0 Å². The molecule has 1 fully saturated rings. The summed E-state index contributed by atoms with van der Waals surface area (Å²) in [6, 6.07) is 9.54. The molecule has 2 aliphatic rings. The summed E-state index contributed by atoms with van der Waals surface area (Å²) in [7, 11) is 0. The molecule has 1 heteroatoms. The van der Waals surface area contributed by atoms with Gasteiger partial charge in [0.15, 0.2) is 0 Å². The molecule has 1 nitrogen and oxygen atoms in total. The van der Waals surface area contributed by atoms with E-state index in [2.05, 4.69) is 29.6 Å². The molecule has 0 spiro atoms. The minimum absolute atomic E-state index is 0.742. The van der Waals surface area contributed by atoms with E-state index in [1.54, 1.807) is 5.56 Å². The van der Waals surface area contributed by atoms with E-state index in [0.29, 0.717) is 0 Å². The molecular formula is C12H15N. The van der Waals surface area contributed by atoms with Crippen LogP contribution in [0.15, 0.2) is 24.3 Å². The van der Waals surface area contributed by atoms with Gasteiger partial charge in [-0.25, -0.2) is 0 Å². The van der Waals surface area contributed by atoms with Crippen molar-refractivity contribution in [2.75, 3.05) is 5.32 Å². The monoisotopic (exact) mass is 173 g/mol. The lowest BCUT2D eigenvalue weighted by molar-refractivity contribution is 0.422. The highest BCUT2D eigenvalue weighted by atomic mass is 15.0. The SMILES string of the molecule is c1ccc2c(c1)N[C@H]1CCCC[C@@H]21. The predicted molar refractivity (Wildman–Crippen MR) is 55.1 cm³/mol. The number of rotatable bonds is 0. The van der Waals surface area contributed by atoms with Gasteiger partial charge in [0, 0.05) is 17.6 Å². The normalized spacial score (nSPS) is 30.5. The first-order chi connectivity index (χ1) is 6.45. The first-order valence-corrected chi connectivity index (χ1v) is 5.30. The average Bonchev–Trinajstić information content (AvgIpc) is 2.56. The third-order valence-electron chi connectivity index (χ3n) is 3.47. The summed E-state index contributed by atoms with van der Waals surface area (Å²) in [5, 5.41) is 3.64. The molecule has 68 valence electrons. The minimum atomic E-state index is 0.742. The Morgan fingerprint density at radius 3 is 2.92 bits per heavy atom. The second-order valence-corrected chi connectivity index (χ2v) is 4.23. The maximum atomic E-state index is 3.64. The Bertz CT molecular complexity index is 319. The van der Waals surface area contributed by atoms with Crippen molar-refractivity contribution in [2.45, 2.75) is 37.6 Å². The van der Waals surface area contributed by atoms with Crippen LogP contribution >= 0.6 is 0 Å². The second-order valence-electron chi connectivity index (χ2n) is 4.23. The van der Waals surface area contributed by atoms with Crippen LogP contribution in [0.4, 0.5) is 5.69 Å². The molecule has 0 unspecified atom stereocenters. The molecule has 1 heterocycles. The fourth-order valence-electron chi connectivity index (χ4n) is 2.83. The average molecular weight is 173 g/mol. The van der Waals surface area contributed by atoms with Gasteiger partial charge in [0.25, 0.3) is 0 Å². The molecule has 0 radical (unpaired) electrons. The van der Waals surface area contributed by atoms with Crippen LogP contribution in [0.5, 0.6) is 0 Å². The molecule has 1 aromatic carbocycles. The maximum absolute atomic E-state index is 3.64. The van der Waals surface area contributed by atoms with E-state index in [0.717, 1.165) is 12.0 Å². The molecule has 1 aliphatic carbocycles. The van der Waals surface area contributed by atoms with Gasteiger partial charge in [-0.3, -0.25) is 0 Å². The van der Waals surface area contributed by atoms with E-state index in [-0.39, 0.29) is 0 Å². The van der Waals surface area contributed by atoms with Gasteiger partial charge in [-0.2, -0.15) is 0 Å². The number of anilines is 1. The lowest BCUT2D eigenvalue weighted by Gasteiger charge is -2.25. The van der Waals surface area contributed by atoms with Crippen molar-refractivity contribution in [1.82, 2.24) is 0 Å². The second kappa shape index (κ2) is 2.76. The Labute approximate surface area is 79.2 Å². The molecule has 2 atom stereocenters. The smallest absolute Gasteiger partial charge is 0.0378 e. The topological polar surface area (TPSA) is 12.0 Å². The van der Waals surface area contributed by atoms with E-state index in [1.807, 2.05) is 0 Å². The highest BCUT2D eigenvalue weighted by Gasteiger charge is 2.33. The highest BCUT2D eigenvalue weighted by molar-refractivity contribution is 5.59. The van der Waals surface area contributed by atoms with Gasteiger partial charge in [-0.15, -0.1) is 0 Å². The zero-order valence-corrected chi connectivity index (χ0v) is 7.79. The number of hydrogen-bond donors (Lipinski definition) is 1. The van der Waals surface area contributed by atoms with Crippen molar-refractivity contribution in [3.05, 3.63) is 29.8 Å². The Morgan fingerprint density at radius 1 is 1.08 bits per heavy atom. The van der Waals surface area contributed by atoms with E-state index in [9.17, 15) is 0 Å². The van der Waals surface area contributed by atoms with Crippen LogP contribution < -0.4 is 5.32 Å². The van der Waals surface area contributed by atoms with Gasteiger partial charge in [0.2, 0.25) is 0 Å². The Hall–Kier alpha value is -0.980. The molecular weight excluding hydrogens is 158 g/mol. The molecule has 1 aliphatic heterocycles.